The fourth-order valence-electron chi connectivity index (χ4n) is 2.51. The molecule has 0 bridgehead atoms. The molecule has 5 nitrogen and oxygen atoms in total. The Balaban J connectivity index is 0.00000208. The van der Waals surface area contributed by atoms with E-state index in [1.165, 1.54) is 16.9 Å². The molecule has 1 saturated heterocycles. The van der Waals surface area contributed by atoms with Gasteiger partial charge in [-0.05, 0) is 30.5 Å². The molecule has 0 aliphatic carbocycles. The molecule has 1 aromatic heterocycles. The maximum absolute atomic E-state index is 12.2. The Bertz CT molecular complexity index is 680. The highest BCUT2D eigenvalue weighted by molar-refractivity contribution is 9.10. The largest absolute Gasteiger partial charge is 0.364 e. The summed E-state index contributed by atoms with van der Waals surface area (Å²) in [5.74, 6) is -0.134. The van der Waals surface area contributed by atoms with Crippen LogP contribution in [-0.2, 0) is 16.0 Å². The number of hydrogen-bond acceptors (Lipinski definition) is 5. The monoisotopic (exact) mass is 431 g/mol. The maximum atomic E-state index is 12.2. The molecular formula is C16H19BrClN3O2S. The van der Waals surface area contributed by atoms with Gasteiger partial charge in [0.15, 0.2) is 5.13 Å². The number of carbonyl (C=O) groups excluding carboxylic acids is 1. The van der Waals surface area contributed by atoms with E-state index in [1.807, 2.05) is 12.1 Å². The molecule has 1 amide bonds. The number of thiazole rings is 1. The molecule has 1 aliphatic rings. The predicted molar refractivity (Wildman–Crippen MR) is 102 cm³/mol. The lowest BCUT2D eigenvalue weighted by Gasteiger charge is -2.11. The van der Waals surface area contributed by atoms with Gasteiger partial charge >= 0.3 is 0 Å². The number of amides is 1. The van der Waals surface area contributed by atoms with Gasteiger partial charge in [0.25, 0.3) is 5.91 Å². The van der Waals surface area contributed by atoms with E-state index in [4.69, 9.17) is 10.5 Å². The Morgan fingerprint density at radius 1 is 1.38 bits per heavy atom. The molecular weight excluding hydrogens is 414 g/mol. The van der Waals surface area contributed by atoms with E-state index >= 15 is 0 Å². The van der Waals surface area contributed by atoms with Crippen molar-refractivity contribution in [3.63, 3.8) is 0 Å². The molecule has 3 N–H and O–H groups in total. The maximum Gasteiger partial charge on any atom is 0.255 e. The first-order valence-corrected chi connectivity index (χ1v) is 9.10. The molecule has 130 valence electrons. The normalized spacial score (nSPS) is 19.8. The van der Waals surface area contributed by atoms with Crippen LogP contribution in [0.3, 0.4) is 0 Å². The quantitative estimate of drug-likeness (QED) is 0.759. The first-order valence-electron chi connectivity index (χ1n) is 7.49. The number of rotatable bonds is 5. The van der Waals surface area contributed by atoms with Crippen LogP contribution >= 0.6 is 39.7 Å². The van der Waals surface area contributed by atoms with Crippen LogP contribution in [0.15, 0.2) is 34.9 Å². The number of nitrogens with zero attached hydrogens (tertiary/aromatic N) is 1. The second-order valence-corrected chi connectivity index (χ2v) is 7.51. The molecule has 2 aromatic rings. The minimum atomic E-state index is -0.414. The van der Waals surface area contributed by atoms with Gasteiger partial charge in [-0.25, -0.2) is 4.98 Å². The van der Waals surface area contributed by atoms with Gasteiger partial charge in [0.1, 0.15) is 6.10 Å². The zero-order valence-electron chi connectivity index (χ0n) is 12.9. The smallest absolute Gasteiger partial charge is 0.255 e. The topological polar surface area (TPSA) is 77.2 Å². The van der Waals surface area contributed by atoms with Crippen LogP contribution in [0.25, 0.3) is 0 Å². The number of ether oxygens (including phenoxy) is 1. The number of aromatic nitrogens is 1. The summed E-state index contributed by atoms with van der Waals surface area (Å²) in [6, 6.07) is 8.18. The standard InChI is InChI=1S/C16H18BrN3O2S.ClH/c17-11-3-1-10(2-4-11)7-13-9-19-16(23-13)20-15(21)14-6-5-12(8-18)22-14;/h1-4,9,12,14H,5-8,18H2,(H,19,20,21);1H/t12-,14+;/m1./s1. The fourth-order valence-corrected chi connectivity index (χ4v) is 3.62. The highest BCUT2D eigenvalue weighted by atomic mass is 79.9. The van der Waals surface area contributed by atoms with Crippen molar-refractivity contribution in [2.75, 3.05) is 11.9 Å². The van der Waals surface area contributed by atoms with Crippen molar-refractivity contribution >= 4 is 50.7 Å². The molecule has 2 atom stereocenters. The number of nitrogens with one attached hydrogen (secondary N) is 1. The third-order valence-corrected chi connectivity index (χ3v) is 5.18. The Labute approximate surface area is 159 Å². The van der Waals surface area contributed by atoms with Gasteiger partial charge in [-0.15, -0.1) is 23.7 Å². The second-order valence-electron chi connectivity index (χ2n) is 5.48. The number of anilines is 1. The number of carbonyl (C=O) groups is 1. The van der Waals surface area contributed by atoms with E-state index in [-0.39, 0.29) is 24.4 Å². The second kappa shape index (κ2) is 8.92. The number of nitrogens with two attached hydrogens (primary N) is 1. The number of hydrogen-bond donors (Lipinski definition) is 2. The molecule has 0 unspecified atom stereocenters. The summed E-state index contributed by atoms with van der Waals surface area (Å²) in [6.07, 6.45) is 3.74. The van der Waals surface area contributed by atoms with Crippen LogP contribution in [0.1, 0.15) is 23.3 Å². The van der Waals surface area contributed by atoms with Crippen molar-refractivity contribution in [2.24, 2.45) is 5.73 Å². The zero-order valence-corrected chi connectivity index (χ0v) is 16.1. The van der Waals surface area contributed by atoms with E-state index < -0.39 is 6.10 Å². The van der Waals surface area contributed by atoms with Crippen LogP contribution in [0.4, 0.5) is 5.13 Å². The Kier molecular flexibility index (Phi) is 7.18. The van der Waals surface area contributed by atoms with Gasteiger partial charge in [-0.2, -0.15) is 0 Å². The summed E-state index contributed by atoms with van der Waals surface area (Å²) in [5.41, 5.74) is 6.77. The molecule has 0 radical (unpaired) electrons. The van der Waals surface area contributed by atoms with E-state index in [0.29, 0.717) is 18.1 Å². The molecule has 3 rings (SSSR count). The van der Waals surface area contributed by atoms with Gasteiger partial charge in [-0.3, -0.25) is 10.1 Å². The van der Waals surface area contributed by atoms with Gasteiger partial charge < -0.3 is 10.5 Å². The van der Waals surface area contributed by atoms with Gasteiger partial charge in [0, 0.05) is 28.5 Å². The minimum absolute atomic E-state index is 0. The highest BCUT2D eigenvalue weighted by Crippen LogP contribution is 2.24. The Morgan fingerprint density at radius 3 is 2.79 bits per heavy atom. The zero-order chi connectivity index (χ0) is 16.2. The van der Waals surface area contributed by atoms with Crippen LogP contribution < -0.4 is 11.1 Å². The SMILES string of the molecule is Cl.NC[C@H]1CC[C@@H](C(=O)Nc2ncc(Cc3ccc(Br)cc3)s2)O1. The summed E-state index contributed by atoms with van der Waals surface area (Å²) in [4.78, 5) is 17.5. The molecule has 0 spiro atoms. The van der Waals surface area contributed by atoms with Crippen molar-refractivity contribution in [3.8, 4) is 0 Å². The molecule has 0 saturated carbocycles. The molecule has 2 heterocycles. The van der Waals surface area contributed by atoms with E-state index in [9.17, 15) is 4.79 Å². The van der Waals surface area contributed by atoms with Gasteiger partial charge in [0.05, 0.1) is 6.10 Å². The number of benzene rings is 1. The minimum Gasteiger partial charge on any atom is -0.364 e. The first kappa shape index (κ1) is 19.3. The van der Waals surface area contributed by atoms with Crippen LogP contribution in [-0.4, -0.2) is 29.6 Å². The molecule has 1 fully saturated rings. The molecule has 24 heavy (non-hydrogen) atoms. The lowest BCUT2D eigenvalue weighted by molar-refractivity contribution is -0.126. The fraction of sp³-hybridized carbons (Fsp3) is 0.375. The third-order valence-electron chi connectivity index (χ3n) is 3.74. The van der Waals surface area contributed by atoms with Crippen molar-refractivity contribution in [2.45, 2.75) is 31.5 Å². The molecule has 1 aromatic carbocycles. The predicted octanol–water partition coefficient (Wildman–Crippen LogP) is 3.36. The first-order chi connectivity index (χ1) is 11.1. The highest BCUT2D eigenvalue weighted by Gasteiger charge is 2.30. The summed E-state index contributed by atoms with van der Waals surface area (Å²) < 4.78 is 6.65. The van der Waals surface area contributed by atoms with Gasteiger partial charge in [-0.1, -0.05) is 28.1 Å². The Hall–Kier alpha value is -0.990. The average Bonchev–Trinajstić information content (AvgIpc) is 3.19. The van der Waals surface area contributed by atoms with Crippen LogP contribution in [0.2, 0.25) is 0 Å². The van der Waals surface area contributed by atoms with E-state index in [0.717, 1.165) is 22.2 Å². The van der Waals surface area contributed by atoms with E-state index in [2.05, 4.69) is 38.4 Å². The Morgan fingerprint density at radius 2 is 2.12 bits per heavy atom. The summed E-state index contributed by atoms with van der Waals surface area (Å²) >= 11 is 4.92. The van der Waals surface area contributed by atoms with Gasteiger partial charge in [0.2, 0.25) is 0 Å². The van der Waals surface area contributed by atoms with Crippen LogP contribution in [0.5, 0.6) is 0 Å². The lowest BCUT2D eigenvalue weighted by atomic mass is 10.1. The lowest BCUT2D eigenvalue weighted by Crippen LogP contribution is -2.29. The number of halogens is 2. The average molecular weight is 433 g/mol. The van der Waals surface area contributed by atoms with Crippen LogP contribution in [0, 0.1) is 0 Å². The third kappa shape index (κ3) is 5.00. The van der Waals surface area contributed by atoms with Crippen molar-refractivity contribution in [1.29, 1.82) is 0 Å². The van der Waals surface area contributed by atoms with Crippen molar-refractivity contribution in [3.05, 3.63) is 45.4 Å². The summed E-state index contributed by atoms with van der Waals surface area (Å²) in [7, 11) is 0. The molecule has 1 aliphatic heterocycles. The summed E-state index contributed by atoms with van der Waals surface area (Å²) in [5, 5.41) is 3.45. The molecule has 8 heteroatoms. The van der Waals surface area contributed by atoms with Crippen molar-refractivity contribution in [1.82, 2.24) is 4.98 Å². The van der Waals surface area contributed by atoms with E-state index in [1.54, 1.807) is 6.20 Å². The summed E-state index contributed by atoms with van der Waals surface area (Å²) in [6.45, 7) is 0.457. The van der Waals surface area contributed by atoms with Crippen molar-refractivity contribution < 1.29 is 9.53 Å².